The molecule has 2 aliphatic heterocycles. The van der Waals surface area contributed by atoms with E-state index in [1.165, 1.54) is 31.4 Å². The highest BCUT2D eigenvalue weighted by Crippen LogP contribution is 2.31. The summed E-state index contributed by atoms with van der Waals surface area (Å²) in [5, 5.41) is 10.2. The van der Waals surface area contributed by atoms with Gasteiger partial charge in [-0.25, -0.2) is 4.79 Å². The second-order valence-electron chi connectivity index (χ2n) is 11.4. The van der Waals surface area contributed by atoms with Crippen LogP contribution in [-0.4, -0.2) is 47.5 Å². The van der Waals surface area contributed by atoms with Crippen molar-refractivity contribution < 1.29 is 18.0 Å². The quantitative estimate of drug-likeness (QED) is 0.384. The van der Waals surface area contributed by atoms with Gasteiger partial charge in [-0.2, -0.15) is 13.2 Å². The van der Waals surface area contributed by atoms with Gasteiger partial charge in [-0.05, 0) is 55.9 Å². The molecule has 1 saturated heterocycles. The zero-order valence-corrected chi connectivity index (χ0v) is 23.1. The average Bonchev–Trinajstić information content (AvgIpc) is 3.32. The number of likely N-dealkylation sites (tertiary alicyclic amines) is 1. The number of carbonyl (C=O) groups is 1. The van der Waals surface area contributed by atoms with Crippen LogP contribution in [0.25, 0.3) is 0 Å². The molecule has 9 heteroatoms. The van der Waals surface area contributed by atoms with Crippen molar-refractivity contribution in [2.45, 2.75) is 82.8 Å². The van der Waals surface area contributed by atoms with Gasteiger partial charge < -0.3 is 20.9 Å². The van der Waals surface area contributed by atoms with Gasteiger partial charge in [-0.3, -0.25) is 4.90 Å². The molecule has 6 nitrogen and oxygen atoms in total. The molecule has 1 unspecified atom stereocenters. The van der Waals surface area contributed by atoms with Gasteiger partial charge in [0.2, 0.25) is 0 Å². The molecule has 216 valence electrons. The van der Waals surface area contributed by atoms with Crippen LogP contribution in [0.1, 0.15) is 74.7 Å². The van der Waals surface area contributed by atoms with Gasteiger partial charge in [-0.15, -0.1) is 0 Å². The van der Waals surface area contributed by atoms with E-state index in [9.17, 15) is 18.0 Å². The van der Waals surface area contributed by atoms with E-state index in [1.54, 1.807) is 0 Å². The van der Waals surface area contributed by atoms with Crippen molar-refractivity contribution in [3.8, 4) is 0 Å². The van der Waals surface area contributed by atoms with Crippen LogP contribution in [0.3, 0.4) is 0 Å². The molecule has 3 aliphatic rings. The number of hydrogen-bond acceptors (Lipinski definition) is 4. The van der Waals surface area contributed by atoms with Crippen LogP contribution in [0.5, 0.6) is 0 Å². The molecule has 2 aromatic carbocycles. The highest BCUT2D eigenvalue weighted by atomic mass is 19.4. The zero-order chi connectivity index (χ0) is 28.1. The number of alkyl halides is 3. The number of urea groups is 1. The molecule has 0 bridgehead atoms. The minimum Gasteiger partial charge on any atom is -0.364 e. The predicted molar refractivity (Wildman–Crippen MR) is 150 cm³/mol. The molecule has 0 spiro atoms. The summed E-state index contributed by atoms with van der Waals surface area (Å²) in [7, 11) is 0. The number of amides is 2. The van der Waals surface area contributed by atoms with E-state index in [1.807, 2.05) is 30.0 Å². The molecule has 1 saturated carbocycles. The summed E-state index contributed by atoms with van der Waals surface area (Å²) in [5.41, 5.74) is 3.32. The van der Waals surface area contributed by atoms with E-state index >= 15 is 0 Å². The Bertz CT molecular complexity index is 1150. The number of piperidine rings is 1. The third kappa shape index (κ3) is 7.11. The van der Waals surface area contributed by atoms with Crippen molar-refractivity contribution in [3.05, 3.63) is 82.7 Å². The zero-order valence-electron chi connectivity index (χ0n) is 23.1. The SMILES string of the molecule is CC1=C(CN2CCC(N(Cc3ccccc3)C(=O)NC3CCCCC3)CC2)NC(c2ccc(C(F)(F)F)cc2)N1. The van der Waals surface area contributed by atoms with Crippen LogP contribution < -0.4 is 16.0 Å². The van der Waals surface area contributed by atoms with Gasteiger partial charge in [-0.1, -0.05) is 61.7 Å². The van der Waals surface area contributed by atoms with E-state index in [0.717, 1.165) is 80.0 Å². The number of halogens is 3. The molecule has 2 heterocycles. The smallest absolute Gasteiger partial charge is 0.364 e. The maximum absolute atomic E-state index is 13.5. The Morgan fingerprint density at radius 1 is 0.950 bits per heavy atom. The van der Waals surface area contributed by atoms with E-state index in [-0.39, 0.29) is 24.3 Å². The highest BCUT2D eigenvalue weighted by Gasteiger charge is 2.32. The van der Waals surface area contributed by atoms with E-state index in [2.05, 4.69) is 33.0 Å². The van der Waals surface area contributed by atoms with Crippen molar-refractivity contribution >= 4 is 6.03 Å². The molecule has 5 rings (SSSR count). The van der Waals surface area contributed by atoms with Crippen LogP contribution >= 0.6 is 0 Å². The Kier molecular flexibility index (Phi) is 8.88. The first-order valence-corrected chi connectivity index (χ1v) is 14.5. The van der Waals surface area contributed by atoms with E-state index < -0.39 is 11.7 Å². The van der Waals surface area contributed by atoms with Crippen LogP contribution in [0.15, 0.2) is 66.0 Å². The first-order valence-electron chi connectivity index (χ1n) is 14.5. The van der Waals surface area contributed by atoms with Gasteiger partial charge in [0.1, 0.15) is 6.17 Å². The van der Waals surface area contributed by atoms with Gasteiger partial charge in [0.15, 0.2) is 0 Å². The molecule has 0 aromatic heterocycles. The van der Waals surface area contributed by atoms with Crippen molar-refractivity contribution in [2.75, 3.05) is 19.6 Å². The predicted octanol–water partition coefficient (Wildman–Crippen LogP) is 6.14. The normalized spacial score (nSPS) is 21.1. The maximum atomic E-state index is 13.5. The number of nitrogens with one attached hydrogen (secondary N) is 3. The molecule has 40 heavy (non-hydrogen) atoms. The van der Waals surface area contributed by atoms with Crippen LogP contribution in [0.4, 0.5) is 18.0 Å². The van der Waals surface area contributed by atoms with Crippen molar-refractivity contribution in [1.29, 1.82) is 0 Å². The molecule has 1 atom stereocenters. The highest BCUT2D eigenvalue weighted by molar-refractivity contribution is 5.75. The molecule has 3 N–H and O–H groups in total. The van der Waals surface area contributed by atoms with Crippen LogP contribution in [-0.2, 0) is 12.7 Å². The fourth-order valence-corrected chi connectivity index (χ4v) is 6.08. The van der Waals surface area contributed by atoms with Gasteiger partial charge in [0.05, 0.1) is 5.56 Å². The fraction of sp³-hybridized carbons (Fsp3) is 0.516. The Morgan fingerprint density at radius 2 is 1.62 bits per heavy atom. The lowest BCUT2D eigenvalue weighted by molar-refractivity contribution is -0.137. The molecule has 2 fully saturated rings. The van der Waals surface area contributed by atoms with Gasteiger partial charge >= 0.3 is 12.2 Å². The number of hydrogen-bond donors (Lipinski definition) is 3. The third-order valence-corrected chi connectivity index (χ3v) is 8.47. The molecular weight excluding hydrogens is 515 g/mol. The monoisotopic (exact) mass is 555 g/mol. The maximum Gasteiger partial charge on any atom is 0.416 e. The number of benzene rings is 2. The Hall–Kier alpha value is -3.20. The summed E-state index contributed by atoms with van der Waals surface area (Å²) < 4.78 is 38.8. The average molecular weight is 556 g/mol. The standard InChI is InChI=1S/C31H40F3N5O/c1-22-28(37-29(35-22)24-12-14-25(15-13-24)31(32,33)34)21-38-18-16-27(17-19-38)39(20-23-8-4-2-5-9-23)30(40)36-26-10-6-3-7-11-26/h2,4-5,8-9,12-15,26-27,29,35,37H,3,6-7,10-11,16-21H2,1H3,(H,36,40). The van der Waals surface area contributed by atoms with Crippen molar-refractivity contribution in [3.63, 3.8) is 0 Å². The minimum absolute atomic E-state index is 0.0498. The van der Waals surface area contributed by atoms with E-state index in [0.29, 0.717) is 6.54 Å². The largest absolute Gasteiger partial charge is 0.416 e. The van der Waals surface area contributed by atoms with Crippen LogP contribution in [0, 0.1) is 0 Å². The number of nitrogens with zero attached hydrogens (tertiary/aromatic N) is 2. The minimum atomic E-state index is -4.34. The van der Waals surface area contributed by atoms with E-state index in [4.69, 9.17) is 0 Å². The number of allylic oxidation sites excluding steroid dienone is 1. The first kappa shape index (κ1) is 28.3. The first-order chi connectivity index (χ1) is 19.3. The summed E-state index contributed by atoms with van der Waals surface area (Å²) in [6, 6.07) is 16.0. The van der Waals surface area contributed by atoms with Crippen molar-refractivity contribution in [1.82, 2.24) is 25.8 Å². The fourth-order valence-electron chi connectivity index (χ4n) is 6.08. The molecular formula is C31H40F3N5O. The summed E-state index contributed by atoms with van der Waals surface area (Å²) in [6.45, 7) is 5.08. The number of carbonyl (C=O) groups excluding carboxylic acids is 1. The molecule has 2 amide bonds. The molecule has 1 aliphatic carbocycles. The molecule has 2 aromatic rings. The van der Waals surface area contributed by atoms with Gasteiger partial charge in [0, 0.05) is 49.7 Å². The third-order valence-electron chi connectivity index (χ3n) is 8.47. The Balaban J connectivity index is 1.16. The summed E-state index contributed by atoms with van der Waals surface area (Å²) in [4.78, 5) is 17.9. The topological polar surface area (TPSA) is 59.6 Å². The second kappa shape index (κ2) is 12.5. The molecule has 0 radical (unpaired) electrons. The lowest BCUT2D eigenvalue weighted by Gasteiger charge is -2.39. The Labute approximate surface area is 235 Å². The summed E-state index contributed by atoms with van der Waals surface area (Å²) in [5.74, 6) is 0. The Morgan fingerprint density at radius 3 is 2.27 bits per heavy atom. The summed E-state index contributed by atoms with van der Waals surface area (Å²) >= 11 is 0. The van der Waals surface area contributed by atoms with Crippen LogP contribution in [0.2, 0.25) is 0 Å². The number of rotatable bonds is 7. The van der Waals surface area contributed by atoms with Gasteiger partial charge in [0.25, 0.3) is 0 Å². The lowest BCUT2D eigenvalue weighted by atomic mass is 9.95. The second-order valence-corrected chi connectivity index (χ2v) is 11.4. The lowest BCUT2D eigenvalue weighted by Crippen LogP contribution is -2.52. The summed E-state index contributed by atoms with van der Waals surface area (Å²) in [6.07, 6.45) is 2.94. The van der Waals surface area contributed by atoms with Crippen molar-refractivity contribution in [2.24, 2.45) is 0 Å².